The summed E-state index contributed by atoms with van der Waals surface area (Å²) in [6.45, 7) is 11.4. The van der Waals surface area contributed by atoms with Crippen LogP contribution in [0.3, 0.4) is 0 Å². The summed E-state index contributed by atoms with van der Waals surface area (Å²) in [6.07, 6.45) is 11.9. The topological polar surface area (TPSA) is 196 Å². The highest BCUT2D eigenvalue weighted by molar-refractivity contribution is 5.92. The molecule has 452 valence electrons. The quantitative estimate of drug-likeness (QED) is 0.0515. The highest BCUT2D eigenvalue weighted by atomic mass is 16.5. The number of rotatable bonds is 25. The Morgan fingerprint density at radius 3 is 1.41 bits per heavy atom. The fourth-order valence-corrected chi connectivity index (χ4v) is 12.1. The summed E-state index contributed by atoms with van der Waals surface area (Å²) in [6, 6.07) is 40.1. The van der Waals surface area contributed by atoms with Crippen LogP contribution in [-0.4, -0.2) is 142 Å². The van der Waals surface area contributed by atoms with Crippen molar-refractivity contribution in [2.24, 2.45) is 11.8 Å². The molecule has 4 aromatic heterocycles. The van der Waals surface area contributed by atoms with Gasteiger partial charge in [0.1, 0.15) is 23.0 Å². The average Bonchev–Trinajstić information content (AvgIpc) is 2.04. The summed E-state index contributed by atoms with van der Waals surface area (Å²) in [5.74, 6) is 2.26. The summed E-state index contributed by atoms with van der Waals surface area (Å²) in [7, 11) is 5.07. The van der Waals surface area contributed by atoms with Gasteiger partial charge >= 0.3 is 5.97 Å². The van der Waals surface area contributed by atoms with E-state index in [1.165, 1.54) is 17.2 Å². The van der Waals surface area contributed by atoms with E-state index in [0.29, 0.717) is 51.4 Å². The maximum absolute atomic E-state index is 13.5. The van der Waals surface area contributed by atoms with E-state index in [1.54, 1.807) is 45.9 Å². The Hall–Kier alpha value is -8.12. The van der Waals surface area contributed by atoms with Crippen molar-refractivity contribution in [2.75, 3.05) is 73.9 Å². The predicted octanol–water partition coefficient (Wildman–Crippen LogP) is 11.3. The molecule has 0 unspecified atom stereocenters. The van der Waals surface area contributed by atoms with Gasteiger partial charge in [-0.25, -0.2) is 19.7 Å². The number of carbonyl (C=O) groups is 4. The first-order valence-electron chi connectivity index (χ1n) is 30.4. The minimum Gasteiger partial charge on any atom is -0.477 e. The standard InChI is InChI=1S/C36H45N5O4.C33H38N4O4/c1-26(22-27-11-13-28(14-12-27)29-15-16-32(38-24-29)36(43)37-17-21-45-3)23-34(42)40-18-6-8-30(25-40)35-39-31-9-4-5-10-33(31)41(35)19-7-20-44-2;1-23(19-24-10-12-25(13-11-24)26-14-15-29(33(39)40)34-21-26)20-31(38)36-16-5-7-27(22-36)32-35-28-8-3-4-9-30(28)37(32)17-6-18-41-2/h4-5,9-16,24,26,30H,6-8,17-23,25H2,1-3H3,(H,37,43);3-4,8-15,21,23,27H,5-7,16-20,22H2,1-2H3,(H,39,40)/t26-,30-;23-,27-/m11/s1. The number of fused-ring (bicyclic) bond motifs is 2. The number of aromatic carboxylic acids is 1. The number of likely N-dealkylation sites (tertiary alicyclic amines) is 2. The Morgan fingerprint density at radius 1 is 0.558 bits per heavy atom. The number of piperidine rings is 2. The van der Waals surface area contributed by atoms with Gasteiger partial charge in [0, 0.05) is 129 Å². The van der Waals surface area contributed by atoms with E-state index in [-0.39, 0.29) is 47.1 Å². The highest BCUT2D eigenvalue weighted by Crippen LogP contribution is 2.33. The van der Waals surface area contributed by atoms with Crippen molar-refractivity contribution in [1.29, 1.82) is 0 Å². The zero-order valence-corrected chi connectivity index (χ0v) is 50.5. The molecule has 2 saturated heterocycles. The number of carboxylic acids is 1. The summed E-state index contributed by atoms with van der Waals surface area (Å²) in [5.41, 5.74) is 10.9. The molecule has 0 radical (unpaired) electrons. The van der Waals surface area contributed by atoms with Gasteiger partial charge in [-0.3, -0.25) is 19.4 Å². The van der Waals surface area contributed by atoms with Crippen LogP contribution < -0.4 is 5.32 Å². The molecule has 0 aliphatic carbocycles. The van der Waals surface area contributed by atoms with Crippen LogP contribution >= 0.6 is 0 Å². The van der Waals surface area contributed by atoms with Crippen LogP contribution in [0, 0.1) is 11.8 Å². The molecule has 2 aliphatic rings. The normalized spacial score (nSPS) is 15.9. The predicted molar refractivity (Wildman–Crippen MR) is 335 cm³/mol. The van der Waals surface area contributed by atoms with E-state index in [1.807, 2.05) is 35.2 Å². The van der Waals surface area contributed by atoms with Crippen LogP contribution in [0.15, 0.2) is 134 Å². The van der Waals surface area contributed by atoms with Crippen LogP contribution in [0.2, 0.25) is 0 Å². The fraction of sp³-hybridized carbons (Fsp3) is 0.420. The molecule has 8 aromatic rings. The smallest absolute Gasteiger partial charge is 0.354 e. The van der Waals surface area contributed by atoms with Crippen molar-refractivity contribution in [3.8, 4) is 22.3 Å². The lowest BCUT2D eigenvalue weighted by Crippen LogP contribution is -2.40. The van der Waals surface area contributed by atoms with Crippen molar-refractivity contribution in [1.82, 2.24) is 44.2 Å². The van der Waals surface area contributed by atoms with E-state index < -0.39 is 5.97 Å². The number of hydrogen-bond acceptors (Lipinski definition) is 11. The largest absolute Gasteiger partial charge is 0.477 e. The van der Waals surface area contributed by atoms with Gasteiger partial charge in [0.2, 0.25) is 11.8 Å². The number of nitrogens with one attached hydrogen (secondary N) is 1. The lowest BCUT2D eigenvalue weighted by atomic mass is 9.93. The number of carbonyl (C=O) groups excluding carboxylic acids is 3. The molecule has 10 rings (SSSR count). The van der Waals surface area contributed by atoms with Crippen LogP contribution in [0.1, 0.15) is 121 Å². The Balaban J connectivity index is 0.000000206. The molecule has 17 nitrogen and oxygen atoms in total. The molecule has 17 heteroatoms. The fourth-order valence-electron chi connectivity index (χ4n) is 12.1. The first-order valence-corrected chi connectivity index (χ1v) is 30.4. The third-order valence-electron chi connectivity index (χ3n) is 16.5. The number of para-hydroxylation sites is 4. The number of ether oxygens (including phenoxy) is 3. The number of benzene rings is 4. The molecule has 0 bridgehead atoms. The van der Waals surface area contributed by atoms with E-state index in [0.717, 1.165) is 140 Å². The van der Waals surface area contributed by atoms with Gasteiger partial charge in [0.15, 0.2) is 0 Å². The average molecular weight is 1170 g/mol. The molecule has 86 heavy (non-hydrogen) atoms. The molecule has 4 atom stereocenters. The van der Waals surface area contributed by atoms with Gasteiger partial charge in [-0.2, -0.15) is 0 Å². The van der Waals surface area contributed by atoms with Crippen LogP contribution in [0.25, 0.3) is 44.3 Å². The minimum absolute atomic E-state index is 0.0321. The van der Waals surface area contributed by atoms with Gasteiger partial charge in [-0.05, 0) is 122 Å². The number of amides is 3. The lowest BCUT2D eigenvalue weighted by Gasteiger charge is -2.33. The zero-order chi connectivity index (χ0) is 60.4. The van der Waals surface area contributed by atoms with Gasteiger partial charge in [0.25, 0.3) is 5.91 Å². The molecule has 4 aromatic carbocycles. The first-order chi connectivity index (χ1) is 41.9. The van der Waals surface area contributed by atoms with E-state index >= 15 is 0 Å². The van der Waals surface area contributed by atoms with E-state index in [9.17, 15) is 19.2 Å². The third-order valence-corrected chi connectivity index (χ3v) is 16.5. The Morgan fingerprint density at radius 2 is 0.988 bits per heavy atom. The second-order valence-electron chi connectivity index (χ2n) is 23.1. The van der Waals surface area contributed by atoms with Gasteiger partial charge in [-0.15, -0.1) is 0 Å². The molecule has 2 N–H and O–H groups in total. The monoisotopic (exact) mass is 1170 g/mol. The molecule has 3 amide bonds. The van der Waals surface area contributed by atoms with E-state index in [2.05, 4.69) is 116 Å². The van der Waals surface area contributed by atoms with Crippen LogP contribution in [0.5, 0.6) is 0 Å². The molecule has 0 spiro atoms. The summed E-state index contributed by atoms with van der Waals surface area (Å²) in [4.78, 5) is 72.6. The van der Waals surface area contributed by atoms with Crippen molar-refractivity contribution >= 4 is 45.8 Å². The van der Waals surface area contributed by atoms with Crippen LogP contribution in [0.4, 0.5) is 0 Å². The second-order valence-corrected chi connectivity index (χ2v) is 23.1. The Bertz CT molecular complexity index is 3490. The van der Waals surface area contributed by atoms with Crippen molar-refractivity contribution in [2.45, 2.75) is 103 Å². The van der Waals surface area contributed by atoms with Crippen molar-refractivity contribution < 1.29 is 38.5 Å². The van der Waals surface area contributed by atoms with E-state index in [4.69, 9.17) is 29.3 Å². The number of aryl methyl sites for hydroxylation is 2. The number of carboxylic acid groups (broad SMARTS) is 1. The summed E-state index contributed by atoms with van der Waals surface area (Å²) < 4.78 is 20.2. The first kappa shape index (κ1) is 62.4. The molecular formula is C69H83N9O8. The van der Waals surface area contributed by atoms with Gasteiger partial charge < -0.3 is 43.6 Å². The number of nitrogens with zero attached hydrogens (tertiary/aromatic N) is 8. The minimum atomic E-state index is -1.03. The second kappa shape index (κ2) is 30.8. The van der Waals surface area contributed by atoms with Gasteiger partial charge in [0.05, 0.1) is 28.7 Å². The summed E-state index contributed by atoms with van der Waals surface area (Å²) >= 11 is 0. The number of pyridine rings is 2. The number of hydrogen-bond donors (Lipinski definition) is 2. The Labute approximate surface area is 505 Å². The highest BCUT2D eigenvalue weighted by Gasteiger charge is 2.31. The number of imidazole rings is 2. The lowest BCUT2D eigenvalue weighted by molar-refractivity contribution is -0.134. The maximum atomic E-state index is 13.5. The van der Waals surface area contributed by atoms with Crippen molar-refractivity contribution in [3.05, 3.63) is 168 Å². The number of methoxy groups -OCH3 is 3. The molecular weight excluding hydrogens is 1080 g/mol. The number of aromatic nitrogens is 6. The molecule has 0 saturated carbocycles. The maximum Gasteiger partial charge on any atom is 0.354 e. The van der Waals surface area contributed by atoms with Crippen molar-refractivity contribution in [3.63, 3.8) is 0 Å². The van der Waals surface area contributed by atoms with Gasteiger partial charge in [-0.1, -0.05) is 98.8 Å². The third kappa shape index (κ3) is 16.4. The Kier molecular flexibility index (Phi) is 22.4. The van der Waals surface area contributed by atoms with Crippen LogP contribution in [-0.2, 0) is 49.7 Å². The SMILES string of the molecule is COCCCn1c([C@@H]2CCCN(C(=O)C[C@H](C)Cc3ccc(-c4ccc(C(=O)NCCOC)nc4)cc3)C2)nc2ccccc21.COCCCn1c([C@@H]2CCCN(C(=O)C[C@H](C)Cc3ccc(-c4ccc(C(=O)O)nc4)cc3)C2)nc2ccccc21. The zero-order valence-electron chi connectivity index (χ0n) is 50.5. The molecule has 2 aliphatic heterocycles. The summed E-state index contributed by atoms with van der Waals surface area (Å²) in [5, 5.41) is 11.8. The molecule has 2 fully saturated rings. The molecule has 6 heterocycles.